The predicted molar refractivity (Wildman–Crippen MR) is 78.2 cm³/mol. The second kappa shape index (κ2) is 5.22. The summed E-state index contributed by atoms with van der Waals surface area (Å²) in [6, 6.07) is 0. The number of hydrogen-bond donors (Lipinski definition) is 0. The summed E-state index contributed by atoms with van der Waals surface area (Å²) in [5.41, 5.74) is 6.44. The van der Waals surface area contributed by atoms with Crippen molar-refractivity contribution in [1.29, 1.82) is 0 Å². The fourth-order valence-electron chi connectivity index (χ4n) is 2.61. The number of thioether (sulfide) groups is 2. The molecule has 0 N–H and O–H groups in total. The molecule has 0 amide bonds. The first kappa shape index (κ1) is 12.6. The van der Waals surface area contributed by atoms with Crippen LogP contribution in [0, 0.1) is 5.92 Å². The van der Waals surface area contributed by atoms with Gasteiger partial charge in [-0.15, -0.1) is 23.5 Å². The highest BCUT2D eigenvalue weighted by Crippen LogP contribution is 2.43. The van der Waals surface area contributed by atoms with E-state index in [9.17, 15) is 0 Å². The van der Waals surface area contributed by atoms with E-state index in [1.807, 2.05) is 0 Å². The third-order valence-corrected chi connectivity index (χ3v) is 7.03. The van der Waals surface area contributed by atoms with Gasteiger partial charge in [0.1, 0.15) is 0 Å². The molecule has 1 atom stereocenters. The molecular weight excluding hydrogens is 232 g/mol. The fraction of sp³-hybridized carbons (Fsp3) is 0.714. The first-order chi connectivity index (χ1) is 7.61. The lowest BCUT2D eigenvalue weighted by atomic mass is 9.96. The summed E-state index contributed by atoms with van der Waals surface area (Å²) in [5.74, 6) is 3.43. The molecule has 2 aliphatic rings. The van der Waals surface area contributed by atoms with Crippen molar-refractivity contribution in [2.24, 2.45) is 5.92 Å². The second-order valence-corrected chi connectivity index (χ2v) is 7.83. The van der Waals surface area contributed by atoms with Crippen molar-refractivity contribution in [2.75, 3.05) is 11.5 Å². The molecule has 1 aliphatic heterocycles. The Bertz CT molecular complexity index is 333. The predicted octanol–water partition coefficient (Wildman–Crippen LogP) is 4.88. The molecule has 2 rings (SSSR count). The molecule has 1 aliphatic carbocycles. The standard InChI is InChI=1S/C14H22S2/c1-9-10(2)12(4)13(11(9)3)8-14-15-6-5-7-16-14/h11,14H,5-8H2,1-4H3. The molecular formula is C14H22S2. The Morgan fingerprint density at radius 1 is 1.06 bits per heavy atom. The Morgan fingerprint density at radius 2 is 1.69 bits per heavy atom. The smallest absolute Gasteiger partial charge is 0.0539 e. The van der Waals surface area contributed by atoms with E-state index in [1.165, 1.54) is 24.3 Å². The van der Waals surface area contributed by atoms with Gasteiger partial charge in [0.25, 0.3) is 0 Å². The van der Waals surface area contributed by atoms with Crippen LogP contribution in [0.15, 0.2) is 22.3 Å². The van der Waals surface area contributed by atoms with Crippen LogP contribution in [-0.4, -0.2) is 16.1 Å². The minimum Gasteiger partial charge on any atom is -0.147 e. The second-order valence-electron chi connectivity index (χ2n) is 4.91. The lowest BCUT2D eigenvalue weighted by Crippen LogP contribution is -2.10. The van der Waals surface area contributed by atoms with Gasteiger partial charge in [-0.05, 0) is 62.2 Å². The van der Waals surface area contributed by atoms with Crippen molar-refractivity contribution >= 4 is 23.5 Å². The topological polar surface area (TPSA) is 0 Å². The van der Waals surface area contributed by atoms with Crippen LogP contribution >= 0.6 is 23.5 Å². The Balaban J connectivity index is 2.05. The molecule has 0 aromatic heterocycles. The molecule has 1 saturated heterocycles. The van der Waals surface area contributed by atoms with Crippen molar-refractivity contribution in [3.8, 4) is 0 Å². The van der Waals surface area contributed by atoms with E-state index >= 15 is 0 Å². The summed E-state index contributed by atoms with van der Waals surface area (Å²) < 4.78 is 0.819. The first-order valence-electron chi connectivity index (χ1n) is 6.22. The molecule has 0 radical (unpaired) electrons. The van der Waals surface area contributed by atoms with Gasteiger partial charge in [-0.3, -0.25) is 0 Å². The Morgan fingerprint density at radius 3 is 2.19 bits per heavy atom. The maximum absolute atomic E-state index is 2.38. The monoisotopic (exact) mass is 254 g/mol. The molecule has 0 nitrogen and oxygen atoms in total. The van der Waals surface area contributed by atoms with Gasteiger partial charge in [-0.25, -0.2) is 0 Å². The first-order valence-corrected chi connectivity index (χ1v) is 8.31. The average molecular weight is 254 g/mol. The quantitative estimate of drug-likeness (QED) is 0.689. The van der Waals surface area contributed by atoms with Crippen LogP contribution in [0.5, 0.6) is 0 Å². The van der Waals surface area contributed by atoms with Crippen LogP contribution in [-0.2, 0) is 0 Å². The Labute approximate surface area is 108 Å². The third kappa shape index (κ3) is 2.38. The maximum atomic E-state index is 2.38. The van der Waals surface area contributed by atoms with Gasteiger partial charge in [0.2, 0.25) is 0 Å². The van der Waals surface area contributed by atoms with E-state index < -0.39 is 0 Å². The zero-order chi connectivity index (χ0) is 11.7. The molecule has 90 valence electrons. The average Bonchev–Trinajstić information content (AvgIpc) is 2.48. The van der Waals surface area contributed by atoms with Gasteiger partial charge in [0.05, 0.1) is 4.58 Å². The summed E-state index contributed by atoms with van der Waals surface area (Å²) >= 11 is 4.33. The highest BCUT2D eigenvalue weighted by Gasteiger charge is 2.26. The third-order valence-electron chi connectivity index (χ3n) is 4.09. The molecule has 1 heterocycles. The van der Waals surface area contributed by atoms with Crippen molar-refractivity contribution in [3.05, 3.63) is 22.3 Å². The largest absolute Gasteiger partial charge is 0.147 e. The van der Waals surface area contributed by atoms with E-state index in [1.54, 1.807) is 22.3 Å². The maximum Gasteiger partial charge on any atom is 0.0539 e. The van der Waals surface area contributed by atoms with Crippen LogP contribution in [0.3, 0.4) is 0 Å². The molecule has 0 bridgehead atoms. The van der Waals surface area contributed by atoms with Crippen LogP contribution in [0.1, 0.15) is 40.5 Å². The van der Waals surface area contributed by atoms with Gasteiger partial charge in [0.15, 0.2) is 0 Å². The molecule has 1 unspecified atom stereocenters. The van der Waals surface area contributed by atoms with E-state index in [4.69, 9.17) is 0 Å². The highest BCUT2D eigenvalue weighted by molar-refractivity contribution is 8.17. The lowest BCUT2D eigenvalue weighted by molar-refractivity contribution is 0.768. The van der Waals surface area contributed by atoms with E-state index in [0.717, 1.165) is 4.58 Å². The molecule has 0 saturated carbocycles. The van der Waals surface area contributed by atoms with Gasteiger partial charge in [0, 0.05) is 0 Å². The summed E-state index contributed by atoms with van der Waals surface area (Å²) in [4.78, 5) is 0. The van der Waals surface area contributed by atoms with Gasteiger partial charge in [-0.2, -0.15) is 0 Å². The number of hydrogen-bond acceptors (Lipinski definition) is 2. The molecule has 0 aromatic carbocycles. The van der Waals surface area contributed by atoms with Crippen LogP contribution in [0.25, 0.3) is 0 Å². The Hall–Kier alpha value is 0.180. The Kier molecular flexibility index (Phi) is 4.12. The van der Waals surface area contributed by atoms with Crippen molar-refractivity contribution in [2.45, 2.75) is 45.1 Å². The minimum atomic E-state index is 0.697. The van der Waals surface area contributed by atoms with Gasteiger partial charge >= 0.3 is 0 Å². The normalized spacial score (nSPS) is 28.1. The van der Waals surface area contributed by atoms with Gasteiger partial charge in [-0.1, -0.05) is 18.1 Å². The van der Waals surface area contributed by atoms with Crippen molar-refractivity contribution in [1.82, 2.24) is 0 Å². The fourth-order valence-corrected chi connectivity index (χ4v) is 5.50. The zero-order valence-electron chi connectivity index (χ0n) is 10.8. The van der Waals surface area contributed by atoms with E-state index in [2.05, 4.69) is 51.2 Å². The molecule has 16 heavy (non-hydrogen) atoms. The van der Waals surface area contributed by atoms with Crippen LogP contribution in [0.2, 0.25) is 0 Å². The summed E-state index contributed by atoms with van der Waals surface area (Å²) in [6.07, 6.45) is 2.70. The molecule has 0 spiro atoms. The number of allylic oxidation sites excluding steroid dienone is 4. The van der Waals surface area contributed by atoms with E-state index in [-0.39, 0.29) is 0 Å². The number of rotatable bonds is 2. The molecule has 1 fully saturated rings. The van der Waals surface area contributed by atoms with Crippen LogP contribution < -0.4 is 0 Å². The van der Waals surface area contributed by atoms with Crippen molar-refractivity contribution in [3.63, 3.8) is 0 Å². The summed E-state index contributed by atoms with van der Waals surface area (Å²) in [6.45, 7) is 9.28. The lowest BCUT2D eigenvalue weighted by Gasteiger charge is -2.23. The van der Waals surface area contributed by atoms with Gasteiger partial charge < -0.3 is 0 Å². The highest BCUT2D eigenvalue weighted by atomic mass is 32.2. The van der Waals surface area contributed by atoms with Crippen LogP contribution in [0.4, 0.5) is 0 Å². The zero-order valence-corrected chi connectivity index (χ0v) is 12.4. The van der Waals surface area contributed by atoms with E-state index in [0.29, 0.717) is 5.92 Å². The SMILES string of the molecule is CC1=C(C)C(C)C(CC2SCCCS2)=C1C. The summed E-state index contributed by atoms with van der Waals surface area (Å²) in [7, 11) is 0. The van der Waals surface area contributed by atoms with Crippen molar-refractivity contribution < 1.29 is 0 Å². The molecule has 0 aromatic rings. The summed E-state index contributed by atoms with van der Waals surface area (Å²) in [5, 5.41) is 0. The molecule has 2 heteroatoms. The minimum absolute atomic E-state index is 0.697.